The third kappa shape index (κ3) is 1.97. The summed E-state index contributed by atoms with van der Waals surface area (Å²) in [6, 6.07) is 21.4. The standard InChI is InChI=1S/C20H13NO/c22-19(14-7-2-1-3-8-14)13-18-15-9-4-5-10-16(15)20-17(18)11-6-12-21-20/h1-13H/b18-13-. The molecular weight excluding hydrogens is 270 g/mol. The van der Waals surface area contributed by atoms with Crippen LogP contribution in [-0.2, 0) is 0 Å². The molecule has 0 bridgehead atoms. The molecule has 2 heteroatoms. The van der Waals surface area contributed by atoms with Crippen molar-refractivity contribution >= 4 is 11.4 Å². The Kier molecular flexibility index (Phi) is 2.94. The van der Waals surface area contributed by atoms with Gasteiger partial charge in [-0.05, 0) is 23.3 Å². The van der Waals surface area contributed by atoms with Gasteiger partial charge in [0.05, 0.1) is 5.69 Å². The zero-order valence-corrected chi connectivity index (χ0v) is 11.9. The summed E-state index contributed by atoms with van der Waals surface area (Å²) in [6.07, 6.45) is 3.51. The summed E-state index contributed by atoms with van der Waals surface area (Å²) in [6.45, 7) is 0. The minimum Gasteiger partial charge on any atom is -0.289 e. The molecule has 4 rings (SSSR count). The zero-order valence-electron chi connectivity index (χ0n) is 11.9. The second-order valence-corrected chi connectivity index (χ2v) is 5.23. The van der Waals surface area contributed by atoms with E-state index in [1.165, 1.54) is 0 Å². The van der Waals surface area contributed by atoms with E-state index in [1.807, 2.05) is 60.7 Å². The van der Waals surface area contributed by atoms with Crippen LogP contribution >= 0.6 is 0 Å². The average molecular weight is 283 g/mol. The Hall–Kier alpha value is -3.00. The van der Waals surface area contributed by atoms with Crippen LogP contribution in [0.4, 0.5) is 0 Å². The average Bonchev–Trinajstić information content (AvgIpc) is 2.90. The van der Waals surface area contributed by atoms with Crippen LogP contribution < -0.4 is 0 Å². The van der Waals surface area contributed by atoms with Gasteiger partial charge in [-0.25, -0.2) is 0 Å². The number of allylic oxidation sites excluding steroid dienone is 1. The lowest BCUT2D eigenvalue weighted by Crippen LogP contribution is -1.96. The van der Waals surface area contributed by atoms with Crippen molar-refractivity contribution in [2.45, 2.75) is 0 Å². The van der Waals surface area contributed by atoms with Crippen molar-refractivity contribution < 1.29 is 4.79 Å². The first-order valence-electron chi connectivity index (χ1n) is 7.21. The Morgan fingerprint density at radius 1 is 0.773 bits per heavy atom. The molecule has 0 saturated heterocycles. The molecular formula is C20H13NO. The summed E-state index contributed by atoms with van der Waals surface area (Å²) in [5, 5.41) is 0. The molecule has 1 heterocycles. The van der Waals surface area contributed by atoms with Gasteiger partial charge in [0.25, 0.3) is 0 Å². The highest BCUT2D eigenvalue weighted by Crippen LogP contribution is 2.42. The summed E-state index contributed by atoms with van der Waals surface area (Å²) in [7, 11) is 0. The Labute approximate surface area is 128 Å². The molecule has 2 nitrogen and oxygen atoms in total. The van der Waals surface area contributed by atoms with Gasteiger partial charge in [0.15, 0.2) is 5.78 Å². The summed E-state index contributed by atoms with van der Waals surface area (Å²) in [5.74, 6) is 0.0158. The first-order valence-corrected chi connectivity index (χ1v) is 7.21. The fraction of sp³-hybridized carbons (Fsp3) is 0. The predicted molar refractivity (Wildman–Crippen MR) is 87.5 cm³/mol. The zero-order chi connectivity index (χ0) is 14.9. The summed E-state index contributed by atoms with van der Waals surface area (Å²) in [5.41, 5.74) is 5.78. The van der Waals surface area contributed by atoms with Gasteiger partial charge in [0, 0.05) is 22.9 Å². The lowest BCUT2D eigenvalue weighted by atomic mass is 10.0. The molecule has 0 spiro atoms. The molecule has 104 valence electrons. The summed E-state index contributed by atoms with van der Waals surface area (Å²) >= 11 is 0. The molecule has 1 aromatic heterocycles. The molecule has 1 aliphatic rings. The van der Waals surface area contributed by atoms with Crippen LogP contribution in [0.3, 0.4) is 0 Å². The van der Waals surface area contributed by atoms with Crippen LogP contribution in [0.1, 0.15) is 21.5 Å². The molecule has 0 atom stereocenters. The quantitative estimate of drug-likeness (QED) is 0.404. The van der Waals surface area contributed by atoms with E-state index >= 15 is 0 Å². The van der Waals surface area contributed by atoms with Gasteiger partial charge in [0.1, 0.15) is 0 Å². The fourth-order valence-electron chi connectivity index (χ4n) is 2.88. The Bertz CT molecular complexity index is 847. The van der Waals surface area contributed by atoms with E-state index in [-0.39, 0.29) is 5.78 Å². The third-order valence-corrected chi connectivity index (χ3v) is 3.90. The number of carbonyl (C=O) groups excluding carboxylic acids is 1. The second-order valence-electron chi connectivity index (χ2n) is 5.23. The van der Waals surface area contributed by atoms with E-state index in [9.17, 15) is 4.79 Å². The van der Waals surface area contributed by atoms with Crippen LogP contribution in [0.25, 0.3) is 16.8 Å². The van der Waals surface area contributed by atoms with Crippen LogP contribution in [-0.4, -0.2) is 10.8 Å². The molecule has 0 amide bonds. The summed E-state index contributed by atoms with van der Waals surface area (Å²) < 4.78 is 0. The SMILES string of the molecule is O=C(/C=C1/c2ccccc2-c2ncccc21)c1ccccc1. The normalized spacial score (nSPS) is 13.7. The van der Waals surface area contributed by atoms with E-state index in [4.69, 9.17) is 0 Å². The fourth-order valence-corrected chi connectivity index (χ4v) is 2.88. The van der Waals surface area contributed by atoms with Gasteiger partial charge in [-0.2, -0.15) is 0 Å². The molecule has 0 aliphatic heterocycles. The van der Waals surface area contributed by atoms with Crippen molar-refractivity contribution in [3.63, 3.8) is 0 Å². The number of aromatic nitrogens is 1. The number of hydrogen-bond acceptors (Lipinski definition) is 2. The molecule has 0 saturated carbocycles. The Morgan fingerprint density at radius 3 is 2.27 bits per heavy atom. The second kappa shape index (κ2) is 5.08. The van der Waals surface area contributed by atoms with Crippen molar-refractivity contribution in [2.75, 3.05) is 0 Å². The number of pyridine rings is 1. The van der Waals surface area contributed by atoms with Crippen LogP contribution in [0, 0.1) is 0 Å². The molecule has 3 aromatic rings. The highest BCUT2D eigenvalue weighted by Gasteiger charge is 2.24. The van der Waals surface area contributed by atoms with E-state index in [0.29, 0.717) is 5.56 Å². The first-order chi connectivity index (χ1) is 10.8. The molecule has 0 radical (unpaired) electrons. The Balaban J connectivity index is 1.88. The molecule has 0 N–H and O–H groups in total. The monoisotopic (exact) mass is 283 g/mol. The number of ketones is 1. The minimum absolute atomic E-state index is 0.0158. The lowest BCUT2D eigenvalue weighted by Gasteiger charge is -2.02. The first kappa shape index (κ1) is 12.7. The molecule has 2 aromatic carbocycles. The maximum atomic E-state index is 12.5. The number of fused-ring (bicyclic) bond motifs is 3. The van der Waals surface area contributed by atoms with Crippen LogP contribution in [0.15, 0.2) is 79.0 Å². The molecule has 1 aliphatic carbocycles. The smallest absolute Gasteiger partial charge is 0.186 e. The van der Waals surface area contributed by atoms with Gasteiger partial charge >= 0.3 is 0 Å². The summed E-state index contributed by atoms with van der Waals surface area (Å²) in [4.78, 5) is 17.0. The highest BCUT2D eigenvalue weighted by atomic mass is 16.1. The Morgan fingerprint density at radius 2 is 1.45 bits per heavy atom. The van der Waals surface area contributed by atoms with E-state index < -0.39 is 0 Å². The van der Waals surface area contributed by atoms with E-state index in [1.54, 1.807) is 12.3 Å². The number of nitrogens with zero attached hydrogens (tertiary/aromatic N) is 1. The maximum Gasteiger partial charge on any atom is 0.186 e. The van der Waals surface area contributed by atoms with E-state index in [0.717, 1.165) is 28.0 Å². The van der Waals surface area contributed by atoms with E-state index in [2.05, 4.69) is 11.1 Å². The van der Waals surface area contributed by atoms with Gasteiger partial charge < -0.3 is 0 Å². The van der Waals surface area contributed by atoms with Gasteiger partial charge in [0.2, 0.25) is 0 Å². The molecule has 0 unspecified atom stereocenters. The van der Waals surface area contributed by atoms with Gasteiger partial charge in [-0.3, -0.25) is 9.78 Å². The minimum atomic E-state index is 0.0158. The van der Waals surface area contributed by atoms with Gasteiger partial charge in [-0.1, -0.05) is 60.7 Å². The van der Waals surface area contributed by atoms with Crippen LogP contribution in [0.2, 0.25) is 0 Å². The predicted octanol–water partition coefficient (Wildman–Crippen LogP) is 4.38. The number of rotatable bonds is 2. The number of hydrogen-bond donors (Lipinski definition) is 0. The van der Waals surface area contributed by atoms with Crippen molar-refractivity contribution in [2.24, 2.45) is 0 Å². The number of carbonyl (C=O) groups is 1. The maximum absolute atomic E-state index is 12.5. The van der Waals surface area contributed by atoms with Crippen molar-refractivity contribution in [1.29, 1.82) is 0 Å². The molecule has 0 fully saturated rings. The van der Waals surface area contributed by atoms with Crippen LogP contribution in [0.5, 0.6) is 0 Å². The van der Waals surface area contributed by atoms with Crippen molar-refractivity contribution in [3.8, 4) is 11.3 Å². The lowest BCUT2D eigenvalue weighted by molar-refractivity contribution is 0.104. The topological polar surface area (TPSA) is 30.0 Å². The van der Waals surface area contributed by atoms with Crippen molar-refractivity contribution in [3.05, 3.63) is 95.7 Å². The van der Waals surface area contributed by atoms with Gasteiger partial charge in [-0.15, -0.1) is 0 Å². The highest BCUT2D eigenvalue weighted by molar-refractivity contribution is 6.13. The molecule has 22 heavy (non-hydrogen) atoms. The van der Waals surface area contributed by atoms with Crippen molar-refractivity contribution in [1.82, 2.24) is 4.98 Å². The largest absolute Gasteiger partial charge is 0.289 e. The third-order valence-electron chi connectivity index (χ3n) is 3.90. The number of benzene rings is 2.